The van der Waals surface area contributed by atoms with Crippen LogP contribution in [-0.2, 0) is 4.79 Å². The molecule has 0 bridgehead atoms. The number of carbonyl (C=O) groups excluding carboxylic acids is 1. The Labute approximate surface area is 173 Å². The minimum absolute atomic E-state index is 0.0581. The summed E-state index contributed by atoms with van der Waals surface area (Å²) in [5.41, 5.74) is 1.41. The van der Waals surface area contributed by atoms with Gasteiger partial charge in [-0.2, -0.15) is 0 Å². The monoisotopic (exact) mass is 415 g/mol. The highest BCUT2D eigenvalue weighted by atomic mass is 35.5. The third-order valence-corrected chi connectivity index (χ3v) is 5.67. The van der Waals surface area contributed by atoms with Crippen molar-refractivity contribution in [3.8, 4) is 0 Å². The van der Waals surface area contributed by atoms with Crippen LogP contribution in [0.25, 0.3) is 10.9 Å². The van der Waals surface area contributed by atoms with Gasteiger partial charge in [-0.05, 0) is 44.5 Å². The molecule has 0 fully saturated rings. The molecule has 1 N–H and O–H groups in total. The number of hydrogen-bond donors (Lipinski definition) is 1. The van der Waals surface area contributed by atoms with E-state index < -0.39 is 0 Å². The van der Waals surface area contributed by atoms with Crippen molar-refractivity contribution in [1.82, 2.24) is 14.9 Å². The summed E-state index contributed by atoms with van der Waals surface area (Å²) in [4.78, 5) is 29.9. The number of amides is 1. The van der Waals surface area contributed by atoms with Gasteiger partial charge in [0, 0.05) is 11.1 Å². The quantitative estimate of drug-likeness (QED) is 0.472. The van der Waals surface area contributed by atoms with E-state index in [4.69, 9.17) is 11.6 Å². The fourth-order valence-corrected chi connectivity index (χ4v) is 4.24. The lowest BCUT2D eigenvalue weighted by atomic mass is 10.1. The summed E-state index contributed by atoms with van der Waals surface area (Å²) >= 11 is 7.46. The van der Waals surface area contributed by atoms with E-state index in [0.29, 0.717) is 21.1 Å². The van der Waals surface area contributed by atoms with Crippen molar-refractivity contribution in [1.29, 1.82) is 0 Å². The highest BCUT2D eigenvalue weighted by Gasteiger charge is 2.17. The van der Waals surface area contributed by atoms with Crippen molar-refractivity contribution >= 4 is 40.2 Å². The maximum atomic E-state index is 12.8. The van der Waals surface area contributed by atoms with Crippen LogP contribution in [0.4, 0.5) is 0 Å². The molecule has 3 aromatic rings. The van der Waals surface area contributed by atoms with E-state index in [1.165, 1.54) is 11.8 Å². The van der Waals surface area contributed by atoms with Crippen LogP contribution in [0.2, 0.25) is 5.02 Å². The van der Waals surface area contributed by atoms with Crippen molar-refractivity contribution < 1.29 is 4.79 Å². The summed E-state index contributed by atoms with van der Waals surface area (Å²) in [5.74, 6) is 0.0156. The lowest BCUT2D eigenvalue weighted by Gasteiger charge is -2.17. The van der Waals surface area contributed by atoms with E-state index in [-0.39, 0.29) is 29.3 Å². The molecular weight excluding hydrogens is 394 g/mol. The smallest absolute Gasteiger partial charge is 0.262 e. The van der Waals surface area contributed by atoms with Crippen molar-refractivity contribution in [3.05, 3.63) is 69.5 Å². The van der Waals surface area contributed by atoms with Crippen LogP contribution in [0.15, 0.2) is 58.5 Å². The molecule has 0 unspecified atom stereocenters. The van der Waals surface area contributed by atoms with Gasteiger partial charge in [0.05, 0.1) is 22.7 Å². The van der Waals surface area contributed by atoms with Crippen molar-refractivity contribution in [2.75, 3.05) is 5.75 Å². The van der Waals surface area contributed by atoms with Gasteiger partial charge in [0.15, 0.2) is 5.16 Å². The number of rotatable bonds is 6. The maximum Gasteiger partial charge on any atom is 0.262 e. The number of hydrogen-bond acceptors (Lipinski definition) is 4. The minimum Gasteiger partial charge on any atom is -0.349 e. The normalized spacial score (nSPS) is 12.3. The maximum absolute atomic E-state index is 12.8. The number of nitrogens with zero attached hydrogens (tertiary/aromatic N) is 2. The Bertz CT molecular complexity index is 1060. The van der Waals surface area contributed by atoms with Crippen LogP contribution in [0.1, 0.15) is 38.4 Å². The average Bonchev–Trinajstić information content (AvgIpc) is 2.66. The number of thioether (sulfide) groups is 1. The van der Waals surface area contributed by atoms with Gasteiger partial charge < -0.3 is 5.32 Å². The molecule has 0 aliphatic heterocycles. The summed E-state index contributed by atoms with van der Waals surface area (Å²) in [6.45, 7) is 5.75. The second kappa shape index (κ2) is 8.80. The summed E-state index contributed by atoms with van der Waals surface area (Å²) in [5, 5.41) is 4.69. The van der Waals surface area contributed by atoms with Crippen molar-refractivity contribution in [2.24, 2.45) is 0 Å². The Morgan fingerprint density at radius 1 is 1.14 bits per heavy atom. The van der Waals surface area contributed by atoms with Gasteiger partial charge in [-0.25, -0.2) is 4.98 Å². The molecule has 28 heavy (non-hydrogen) atoms. The van der Waals surface area contributed by atoms with Gasteiger partial charge in [0.2, 0.25) is 5.91 Å². The highest BCUT2D eigenvalue weighted by Crippen LogP contribution is 2.23. The highest BCUT2D eigenvalue weighted by molar-refractivity contribution is 7.99. The van der Waals surface area contributed by atoms with Crippen LogP contribution in [0.3, 0.4) is 0 Å². The molecule has 2 aromatic carbocycles. The summed E-state index contributed by atoms with van der Waals surface area (Å²) in [6.07, 6.45) is 0. The van der Waals surface area contributed by atoms with E-state index in [9.17, 15) is 9.59 Å². The largest absolute Gasteiger partial charge is 0.349 e. The summed E-state index contributed by atoms with van der Waals surface area (Å²) < 4.78 is 1.64. The number of fused-ring (bicyclic) bond motifs is 1. The summed E-state index contributed by atoms with van der Waals surface area (Å²) in [6, 6.07) is 14.4. The van der Waals surface area contributed by atoms with Gasteiger partial charge in [-0.15, -0.1) is 0 Å². The molecule has 0 aliphatic rings. The van der Waals surface area contributed by atoms with Crippen LogP contribution < -0.4 is 10.9 Å². The second-order valence-corrected chi connectivity index (χ2v) is 8.13. The molecule has 0 radical (unpaired) electrons. The fraction of sp³-hybridized carbons (Fsp3) is 0.286. The predicted molar refractivity (Wildman–Crippen MR) is 115 cm³/mol. The zero-order valence-electron chi connectivity index (χ0n) is 16.0. The first kappa shape index (κ1) is 20.4. The third kappa shape index (κ3) is 4.39. The zero-order valence-corrected chi connectivity index (χ0v) is 17.6. The Hall–Kier alpha value is -2.31. The van der Waals surface area contributed by atoms with Crippen molar-refractivity contribution in [3.63, 3.8) is 0 Å². The Kier molecular flexibility index (Phi) is 6.42. The van der Waals surface area contributed by atoms with Gasteiger partial charge >= 0.3 is 0 Å². The predicted octanol–water partition coefficient (Wildman–Crippen LogP) is 4.60. The zero-order chi connectivity index (χ0) is 20.3. The molecular formula is C21H22ClN3O2S. The van der Waals surface area contributed by atoms with Gasteiger partial charge in [-0.1, -0.05) is 53.7 Å². The first-order chi connectivity index (χ1) is 13.4. The van der Waals surface area contributed by atoms with Gasteiger partial charge in [0.1, 0.15) is 0 Å². The molecule has 1 atom stereocenters. The molecule has 1 aromatic heterocycles. The minimum atomic E-state index is -0.210. The Morgan fingerprint density at radius 3 is 2.54 bits per heavy atom. The molecule has 1 heterocycles. The molecule has 5 nitrogen and oxygen atoms in total. The number of nitrogens with one attached hydrogen (secondary N) is 1. The number of halogens is 1. The average molecular weight is 416 g/mol. The van der Waals surface area contributed by atoms with Crippen LogP contribution in [0, 0.1) is 0 Å². The first-order valence-electron chi connectivity index (χ1n) is 9.06. The van der Waals surface area contributed by atoms with E-state index in [1.807, 2.05) is 57.2 Å². The topological polar surface area (TPSA) is 64.0 Å². The van der Waals surface area contributed by atoms with Crippen LogP contribution in [-0.4, -0.2) is 21.2 Å². The molecule has 0 saturated heterocycles. The number of para-hydroxylation sites is 1. The Balaban J connectivity index is 1.78. The van der Waals surface area contributed by atoms with Crippen molar-refractivity contribution in [2.45, 2.75) is 38.0 Å². The molecule has 1 amide bonds. The van der Waals surface area contributed by atoms with E-state index in [1.54, 1.807) is 16.7 Å². The van der Waals surface area contributed by atoms with Gasteiger partial charge in [-0.3, -0.25) is 14.2 Å². The van der Waals surface area contributed by atoms with E-state index in [2.05, 4.69) is 10.3 Å². The number of aromatic nitrogens is 2. The van der Waals surface area contributed by atoms with Gasteiger partial charge in [0.25, 0.3) is 5.56 Å². The molecule has 0 spiro atoms. The van der Waals surface area contributed by atoms with Crippen LogP contribution >= 0.6 is 23.4 Å². The number of carbonyl (C=O) groups is 1. The SMILES string of the molecule is CC(C)n1c(SCC(=O)N[C@@H](C)c2ccccc2Cl)nc2ccccc2c1=O. The van der Waals surface area contributed by atoms with E-state index in [0.717, 1.165) is 5.56 Å². The Morgan fingerprint density at radius 2 is 1.82 bits per heavy atom. The summed E-state index contributed by atoms with van der Waals surface area (Å²) in [7, 11) is 0. The second-order valence-electron chi connectivity index (χ2n) is 6.78. The standard InChI is InChI=1S/C21H22ClN3O2S/c1-13(2)25-20(27)16-9-5-7-11-18(16)24-21(25)28-12-19(26)23-14(3)15-8-4-6-10-17(15)22/h4-11,13-14H,12H2,1-3H3,(H,23,26)/t14-/m0/s1. The third-order valence-electron chi connectivity index (χ3n) is 4.37. The van der Waals surface area contributed by atoms with Crippen LogP contribution in [0.5, 0.6) is 0 Å². The fourth-order valence-electron chi connectivity index (χ4n) is 3.00. The lowest BCUT2D eigenvalue weighted by molar-refractivity contribution is -0.119. The molecule has 0 saturated carbocycles. The molecule has 0 aliphatic carbocycles. The molecule has 3 rings (SSSR count). The number of benzene rings is 2. The molecule has 146 valence electrons. The molecule has 7 heteroatoms. The first-order valence-corrected chi connectivity index (χ1v) is 10.4. The van der Waals surface area contributed by atoms with E-state index >= 15 is 0 Å². The lowest BCUT2D eigenvalue weighted by Crippen LogP contribution is -2.29.